The summed E-state index contributed by atoms with van der Waals surface area (Å²) in [5, 5.41) is 3.45. The van der Waals surface area contributed by atoms with Gasteiger partial charge in [0, 0.05) is 36.7 Å². The summed E-state index contributed by atoms with van der Waals surface area (Å²) in [5.41, 5.74) is 10.2. The fraction of sp³-hybridized carbons (Fsp3) is 0.294. The third-order valence-electron chi connectivity index (χ3n) is 3.74. The summed E-state index contributed by atoms with van der Waals surface area (Å²) in [5.74, 6) is 0. The molecule has 1 aliphatic heterocycles. The number of morpholine rings is 1. The minimum Gasteiger partial charge on any atom is -0.399 e. The van der Waals surface area contributed by atoms with Crippen LogP contribution in [0, 0.1) is 0 Å². The Bertz CT molecular complexity index is 577. The van der Waals surface area contributed by atoms with Crippen molar-refractivity contribution in [3.63, 3.8) is 0 Å². The zero-order chi connectivity index (χ0) is 14.5. The molecule has 0 unspecified atom stereocenters. The molecule has 1 heterocycles. The SMILES string of the molecule is Nc1ccc(NCc2ccccc2N2CCOCC2)cc1. The second-order valence-corrected chi connectivity index (χ2v) is 5.20. The predicted octanol–water partition coefficient (Wildman–Crippen LogP) is 2.72. The van der Waals surface area contributed by atoms with Crippen molar-refractivity contribution in [2.24, 2.45) is 0 Å². The van der Waals surface area contributed by atoms with Crippen molar-refractivity contribution in [2.75, 3.05) is 42.3 Å². The summed E-state index contributed by atoms with van der Waals surface area (Å²) in [7, 11) is 0. The lowest BCUT2D eigenvalue weighted by Gasteiger charge is -2.30. The van der Waals surface area contributed by atoms with Gasteiger partial charge in [0.05, 0.1) is 13.2 Å². The van der Waals surface area contributed by atoms with Gasteiger partial charge >= 0.3 is 0 Å². The van der Waals surface area contributed by atoms with Gasteiger partial charge in [-0.15, -0.1) is 0 Å². The number of anilines is 3. The molecule has 0 aliphatic carbocycles. The molecule has 0 radical (unpaired) electrons. The van der Waals surface area contributed by atoms with Crippen LogP contribution in [0.3, 0.4) is 0 Å². The monoisotopic (exact) mass is 283 g/mol. The Labute approximate surface area is 125 Å². The molecule has 0 atom stereocenters. The molecule has 3 N–H and O–H groups in total. The van der Waals surface area contributed by atoms with Crippen molar-refractivity contribution in [1.82, 2.24) is 0 Å². The Kier molecular flexibility index (Phi) is 4.26. The van der Waals surface area contributed by atoms with E-state index in [9.17, 15) is 0 Å². The first-order valence-electron chi connectivity index (χ1n) is 7.33. The van der Waals surface area contributed by atoms with E-state index in [1.54, 1.807) is 0 Å². The molecule has 0 bridgehead atoms. The fourth-order valence-corrected chi connectivity index (χ4v) is 2.57. The molecule has 110 valence electrons. The Morgan fingerprint density at radius 3 is 2.48 bits per heavy atom. The van der Waals surface area contributed by atoms with E-state index in [-0.39, 0.29) is 0 Å². The molecule has 0 spiro atoms. The van der Waals surface area contributed by atoms with E-state index in [1.165, 1.54) is 11.3 Å². The van der Waals surface area contributed by atoms with E-state index >= 15 is 0 Å². The van der Waals surface area contributed by atoms with Gasteiger partial charge in [0.25, 0.3) is 0 Å². The first-order chi connectivity index (χ1) is 10.3. The zero-order valence-corrected chi connectivity index (χ0v) is 12.1. The highest BCUT2D eigenvalue weighted by atomic mass is 16.5. The maximum atomic E-state index is 5.71. The molecule has 0 aromatic heterocycles. The summed E-state index contributed by atoms with van der Waals surface area (Å²) < 4.78 is 5.43. The summed E-state index contributed by atoms with van der Waals surface area (Å²) in [6, 6.07) is 16.4. The van der Waals surface area contributed by atoms with E-state index in [1.807, 2.05) is 24.3 Å². The average molecular weight is 283 g/mol. The second kappa shape index (κ2) is 6.50. The highest BCUT2D eigenvalue weighted by Crippen LogP contribution is 2.22. The lowest BCUT2D eigenvalue weighted by atomic mass is 10.1. The maximum Gasteiger partial charge on any atom is 0.0642 e. The summed E-state index contributed by atoms with van der Waals surface area (Å²) in [6.07, 6.45) is 0. The van der Waals surface area contributed by atoms with Crippen LogP contribution in [0.25, 0.3) is 0 Å². The molecule has 21 heavy (non-hydrogen) atoms. The van der Waals surface area contributed by atoms with Crippen LogP contribution in [0.2, 0.25) is 0 Å². The molecule has 2 aromatic carbocycles. The third kappa shape index (κ3) is 3.47. The topological polar surface area (TPSA) is 50.5 Å². The van der Waals surface area contributed by atoms with Crippen LogP contribution in [0.5, 0.6) is 0 Å². The van der Waals surface area contributed by atoms with Crippen LogP contribution in [0.4, 0.5) is 17.1 Å². The molecule has 4 nitrogen and oxygen atoms in total. The number of nitrogens with one attached hydrogen (secondary N) is 1. The maximum absolute atomic E-state index is 5.71. The number of nitrogens with two attached hydrogens (primary N) is 1. The molecular formula is C17H21N3O. The number of hydrogen-bond acceptors (Lipinski definition) is 4. The third-order valence-corrected chi connectivity index (χ3v) is 3.74. The van der Waals surface area contributed by atoms with Gasteiger partial charge in [0.2, 0.25) is 0 Å². The standard InChI is InChI=1S/C17H21N3O/c18-15-5-7-16(8-6-15)19-13-14-3-1-2-4-17(14)20-9-11-21-12-10-20/h1-8,19H,9-13,18H2. The minimum absolute atomic E-state index is 0.786. The molecule has 3 rings (SSSR count). The molecular weight excluding hydrogens is 262 g/mol. The molecule has 0 saturated carbocycles. The number of benzene rings is 2. The lowest BCUT2D eigenvalue weighted by Crippen LogP contribution is -2.36. The van der Waals surface area contributed by atoms with Crippen LogP contribution in [-0.2, 0) is 11.3 Å². The molecule has 1 fully saturated rings. The Hall–Kier alpha value is -2.20. The zero-order valence-electron chi connectivity index (χ0n) is 12.1. The van der Waals surface area contributed by atoms with Gasteiger partial charge in [-0.25, -0.2) is 0 Å². The number of nitrogen functional groups attached to an aromatic ring is 1. The van der Waals surface area contributed by atoms with Crippen molar-refractivity contribution < 1.29 is 4.74 Å². The number of nitrogens with zero attached hydrogens (tertiary/aromatic N) is 1. The van der Waals surface area contributed by atoms with E-state index in [4.69, 9.17) is 10.5 Å². The highest BCUT2D eigenvalue weighted by molar-refractivity contribution is 5.57. The first-order valence-corrected chi connectivity index (χ1v) is 7.33. The summed E-state index contributed by atoms with van der Waals surface area (Å²) >= 11 is 0. The first kappa shape index (κ1) is 13.8. The van der Waals surface area contributed by atoms with Gasteiger partial charge in [-0.3, -0.25) is 0 Å². The van der Waals surface area contributed by atoms with Gasteiger partial charge in [-0.05, 0) is 35.9 Å². The predicted molar refractivity (Wildman–Crippen MR) is 87.7 cm³/mol. The van der Waals surface area contributed by atoms with Gasteiger partial charge in [0.15, 0.2) is 0 Å². The molecule has 2 aromatic rings. The lowest BCUT2D eigenvalue weighted by molar-refractivity contribution is 0.122. The van der Waals surface area contributed by atoms with Crippen LogP contribution >= 0.6 is 0 Å². The van der Waals surface area contributed by atoms with Crippen LogP contribution in [0.15, 0.2) is 48.5 Å². The van der Waals surface area contributed by atoms with Gasteiger partial charge in [0.1, 0.15) is 0 Å². The number of rotatable bonds is 4. The molecule has 1 saturated heterocycles. The van der Waals surface area contributed by atoms with Crippen molar-refractivity contribution in [1.29, 1.82) is 0 Å². The Balaban J connectivity index is 1.71. The van der Waals surface area contributed by atoms with Gasteiger partial charge in [-0.2, -0.15) is 0 Å². The van der Waals surface area contributed by atoms with Crippen LogP contribution in [0.1, 0.15) is 5.56 Å². The van der Waals surface area contributed by atoms with E-state index in [0.29, 0.717) is 0 Å². The van der Waals surface area contributed by atoms with Crippen molar-refractivity contribution in [2.45, 2.75) is 6.54 Å². The molecule has 4 heteroatoms. The Morgan fingerprint density at radius 2 is 1.71 bits per heavy atom. The highest BCUT2D eigenvalue weighted by Gasteiger charge is 2.13. The fourth-order valence-electron chi connectivity index (χ4n) is 2.57. The van der Waals surface area contributed by atoms with Crippen LogP contribution < -0.4 is 16.0 Å². The van der Waals surface area contributed by atoms with Crippen LogP contribution in [-0.4, -0.2) is 26.3 Å². The van der Waals surface area contributed by atoms with Gasteiger partial charge < -0.3 is 20.7 Å². The minimum atomic E-state index is 0.786. The summed E-state index contributed by atoms with van der Waals surface area (Å²) in [6.45, 7) is 4.33. The molecule has 1 aliphatic rings. The van der Waals surface area contributed by atoms with E-state index in [2.05, 4.69) is 34.5 Å². The number of hydrogen-bond donors (Lipinski definition) is 2. The largest absolute Gasteiger partial charge is 0.399 e. The second-order valence-electron chi connectivity index (χ2n) is 5.20. The van der Waals surface area contributed by atoms with Gasteiger partial charge in [-0.1, -0.05) is 18.2 Å². The Morgan fingerprint density at radius 1 is 1.00 bits per heavy atom. The quantitative estimate of drug-likeness (QED) is 0.847. The number of para-hydroxylation sites is 1. The van der Waals surface area contributed by atoms with Crippen molar-refractivity contribution >= 4 is 17.1 Å². The smallest absolute Gasteiger partial charge is 0.0642 e. The number of ether oxygens (including phenoxy) is 1. The van der Waals surface area contributed by atoms with E-state index < -0.39 is 0 Å². The van der Waals surface area contributed by atoms with Crippen molar-refractivity contribution in [3.05, 3.63) is 54.1 Å². The van der Waals surface area contributed by atoms with E-state index in [0.717, 1.165) is 44.2 Å². The average Bonchev–Trinajstić information content (AvgIpc) is 2.55. The summed E-state index contributed by atoms with van der Waals surface area (Å²) in [4.78, 5) is 2.39. The van der Waals surface area contributed by atoms with Crippen molar-refractivity contribution in [3.8, 4) is 0 Å². The normalized spacial score (nSPS) is 15.0. The molecule has 0 amide bonds.